The predicted octanol–water partition coefficient (Wildman–Crippen LogP) is 2.37. The van der Waals surface area contributed by atoms with Crippen molar-refractivity contribution in [2.45, 2.75) is 6.42 Å². The van der Waals surface area contributed by atoms with E-state index in [1.165, 1.54) is 29.1 Å². The standard InChI is InChI=1S/C18H14ClFN4O3/c19-13-7-4-8-14(20)12(13)9-16(26)21-22-18(27)17-15(25)10-24(23-17)11-5-2-1-3-6-11/h1-8,10,25H,9H2,(H,21,26)(H,22,27). The lowest BCUT2D eigenvalue weighted by atomic mass is 10.1. The van der Waals surface area contributed by atoms with Gasteiger partial charge in [-0.25, -0.2) is 9.07 Å². The van der Waals surface area contributed by atoms with Crippen LogP contribution in [0.5, 0.6) is 5.75 Å². The summed E-state index contributed by atoms with van der Waals surface area (Å²) in [6.07, 6.45) is 0.904. The number of rotatable bonds is 4. The molecular weight excluding hydrogens is 375 g/mol. The molecule has 9 heteroatoms. The minimum Gasteiger partial charge on any atom is -0.504 e. The van der Waals surface area contributed by atoms with Crippen LogP contribution in [-0.2, 0) is 11.2 Å². The summed E-state index contributed by atoms with van der Waals surface area (Å²) in [6, 6.07) is 12.9. The van der Waals surface area contributed by atoms with Gasteiger partial charge in [0.2, 0.25) is 5.91 Å². The van der Waals surface area contributed by atoms with Gasteiger partial charge in [0.1, 0.15) is 5.82 Å². The number of hydrogen-bond donors (Lipinski definition) is 3. The second kappa shape index (κ2) is 7.88. The van der Waals surface area contributed by atoms with Gasteiger partial charge in [0.05, 0.1) is 18.3 Å². The molecule has 0 spiro atoms. The number of carbonyl (C=O) groups excluding carboxylic acids is 2. The van der Waals surface area contributed by atoms with Crippen molar-refractivity contribution < 1.29 is 19.1 Å². The Hall–Kier alpha value is -3.39. The molecule has 0 aliphatic heterocycles. The summed E-state index contributed by atoms with van der Waals surface area (Å²) in [5.74, 6) is -2.49. The minimum atomic E-state index is -0.824. The number of hydrazine groups is 1. The lowest BCUT2D eigenvalue weighted by Gasteiger charge is -2.08. The number of amides is 2. The number of halogens is 2. The van der Waals surface area contributed by atoms with Crippen molar-refractivity contribution in [1.82, 2.24) is 20.6 Å². The van der Waals surface area contributed by atoms with Gasteiger partial charge < -0.3 is 5.11 Å². The Bertz CT molecular complexity index is 971. The SMILES string of the molecule is O=C(Cc1c(F)cccc1Cl)NNC(=O)c1nn(-c2ccccc2)cc1O. The molecule has 7 nitrogen and oxygen atoms in total. The normalized spacial score (nSPS) is 10.4. The molecule has 0 saturated heterocycles. The molecule has 1 aromatic heterocycles. The Kier molecular flexibility index (Phi) is 5.37. The molecular formula is C18H14ClFN4O3. The molecule has 2 aromatic carbocycles. The number of nitrogens with zero attached hydrogens (tertiary/aromatic N) is 2. The maximum absolute atomic E-state index is 13.7. The second-order valence-electron chi connectivity index (χ2n) is 5.52. The summed E-state index contributed by atoms with van der Waals surface area (Å²) in [7, 11) is 0. The van der Waals surface area contributed by atoms with Gasteiger partial charge in [-0.05, 0) is 24.3 Å². The third-order valence-corrected chi connectivity index (χ3v) is 4.00. The van der Waals surface area contributed by atoms with Crippen molar-refractivity contribution in [3.63, 3.8) is 0 Å². The molecule has 0 aliphatic rings. The highest BCUT2D eigenvalue weighted by Gasteiger charge is 2.18. The number of para-hydroxylation sites is 1. The summed E-state index contributed by atoms with van der Waals surface area (Å²) >= 11 is 5.86. The van der Waals surface area contributed by atoms with Crippen LogP contribution < -0.4 is 10.9 Å². The van der Waals surface area contributed by atoms with Gasteiger partial charge in [-0.15, -0.1) is 0 Å². The molecule has 3 rings (SSSR count). The largest absolute Gasteiger partial charge is 0.504 e. The fraction of sp³-hybridized carbons (Fsp3) is 0.0556. The molecule has 2 amide bonds. The zero-order valence-corrected chi connectivity index (χ0v) is 14.6. The first-order chi connectivity index (χ1) is 13.0. The van der Waals surface area contributed by atoms with Gasteiger partial charge in [0.25, 0.3) is 5.91 Å². The first-order valence-electron chi connectivity index (χ1n) is 7.82. The maximum Gasteiger partial charge on any atom is 0.294 e. The van der Waals surface area contributed by atoms with E-state index >= 15 is 0 Å². The van der Waals surface area contributed by atoms with Crippen LogP contribution in [0.25, 0.3) is 5.69 Å². The highest BCUT2D eigenvalue weighted by Crippen LogP contribution is 2.19. The van der Waals surface area contributed by atoms with E-state index in [0.717, 1.165) is 0 Å². The van der Waals surface area contributed by atoms with E-state index in [1.807, 2.05) is 6.07 Å². The topological polar surface area (TPSA) is 96.3 Å². The van der Waals surface area contributed by atoms with Crippen LogP contribution in [0, 0.1) is 5.82 Å². The molecule has 0 aliphatic carbocycles. The van der Waals surface area contributed by atoms with Crippen LogP contribution in [0.1, 0.15) is 16.1 Å². The van der Waals surface area contributed by atoms with Crippen molar-refractivity contribution >= 4 is 23.4 Å². The van der Waals surface area contributed by atoms with Crippen LogP contribution in [-0.4, -0.2) is 26.7 Å². The quantitative estimate of drug-likeness (QED) is 0.598. The monoisotopic (exact) mass is 388 g/mol. The van der Waals surface area contributed by atoms with Gasteiger partial charge in [-0.1, -0.05) is 35.9 Å². The highest BCUT2D eigenvalue weighted by molar-refractivity contribution is 6.31. The van der Waals surface area contributed by atoms with E-state index in [9.17, 15) is 19.1 Å². The van der Waals surface area contributed by atoms with E-state index < -0.39 is 17.6 Å². The molecule has 3 aromatic rings. The van der Waals surface area contributed by atoms with Crippen molar-refractivity contribution in [3.05, 3.63) is 76.8 Å². The number of carbonyl (C=O) groups is 2. The van der Waals surface area contributed by atoms with Gasteiger partial charge in [0, 0.05) is 10.6 Å². The van der Waals surface area contributed by atoms with Crippen LogP contribution in [0.2, 0.25) is 5.02 Å². The van der Waals surface area contributed by atoms with E-state index in [4.69, 9.17) is 11.6 Å². The van der Waals surface area contributed by atoms with E-state index in [1.54, 1.807) is 24.3 Å². The fourth-order valence-electron chi connectivity index (χ4n) is 2.33. The predicted molar refractivity (Wildman–Crippen MR) is 96.0 cm³/mol. The number of nitrogens with one attached hydrogen (secondary N) is 2. The van der Waals surface area contributed by atoms with Crippen LogP contribution in [0.4, 0.5) is 4.39 Å². The Morgan fingerprint density at radius 3 is 2.56 bits per heavy atom. The van der Waals surface area contributed by atoms with Crippen molar-refractivity contribution in [3.8, 4) is 11.4 Å². The number of aromatic nitrogens is 2. The Morgan fingerprint density at radius 1 is 1.11 bits per heavy atom. The molecule has 0 bridgehead atoms. The lowest BCUT2D eigenvalue weighted by Crippen LogP contribution is -2.42. The average molecular weight is 389 g/mol. The zero-order valence-electron chi connectivity index (χ0n) is 13.8. The second-order valence-corrected chi connectivity index (χ2v) is 5.93. The molecule has 3 N–H and O–H groups in total. The molecule has 138 valence electrons. The summed E-state index contributed by atoms with van der Waals surface area (Å²) in [5, 5.41) is 14.0. The summed E-state index contributed by atoms with van der Waals surface area (Å²) in [5.41, 5.74) is 4.64. The van der Waals surface area contributed by atoms with E-state index in [0.29, 0.717) is 5.69 Å². The molecule has 0 radical (unpaired) electrons. The Morgan fingerprint density at radius 2 is 1.85 bits per heavy atom. The minimum absolute atomic E-state index is 0.0159. The lowest BCUT2D eigenvalue weighted by molar-refractivity contribution is -0.121. The smallest absolute Gasteiger partial charge is 0.294 e. The maximum atomic E-state index is 13.7. The van der Waals surface area contributed by atoms with E-state index in [2.05, 4.69) is 16.0 Å². The number of hydrogen-bond acceptors (Lipinski definition) is 4. The number of benzene rings is 2. The van der Waals surface area contributed by atoms with Crippen molar-refractivity contribution in [2.75, 3.05) is 0 Å². The van der Waals surface area contributed by atoms with Gasteiger partial charge in [-0.3, -0.25) is 20.4 Å². The third-order valence-electron chi connectivity index (χ3n) is 3.65. The summed E-state index contributed by atoms with van der Waals surface area (Å²) in [4.78, 5) is 24.1. The average Bonchev–Trinajstić information content (AvgIpc) is 3.05. The van der Waals surface area contributed by atoms with Crippen LogP contribution in [0.15, 0.2) is 54.7 Å². The third kappa shape index (κ3) is 4.24. The molecule has 0 unspecified atom stereocenters. The molecule has 0 saturated carbocycles. The zero-order chi connectivity index (χ0) is 19.4. The highest BCUT2D eigenvalue weighted by atomic mass is 35.5. The molecule has 1 heterocycles. The molecule has 27 heavy (non-hydrogen) atoms. The first kappa shape index (κ1) is 18.4. The fourth-order valence-corrected chi connectivity index (χ4v) is 2.56. The van der Waals surface area contributed by atoms with Crippen LogP contribution in [0.3, 0.4) is 0 Å². The Balaban J connectivity index is 1.64. The van der Waals surface area contributed by atoms with Crippen LogP contribution >= 0.6 is 11.6 Å². The molecule has 0 fully saturated rings. The van der Waals surface area contributed by atoms with Crippen molar-refractivity contribution in [1.29, 1.82) is 0 Å². The first-order valence-corrected chi connectivity index (χ1v) is 8.19. The van der Waals surface area contributed by atoms with E-state index in [-0.39, 0.29) is 28.5 Å². The summed E-state index contributed by atoms with van der Waals surface area (Å²) in [6.45, 7) is 0. The molecule has 0 atom stereocenters. The Labute approximate surface area is 158 Å². The van der Waals surface area contributed by atoms with Gasteiger partial charge >= 0.3 is 0 Å². The summed E-state index contributed by atoms with van der Waals surface area (Å²) < 4.78 is 15.0. The van der Waals surface area contributed by atoms with Crippen molar-refractivity contribution in [2.24, 2.45) is 0 Å². The number of aromatic hydroxyl groups is 1. The van der Waals surface area contributed by atoms with Gasteiger partial charge in [-0.2, -0.15) is 5.10 Å². The van der Waals surface area contributed by atoms with Gasteiger partial charge in [0.15, 0.2) is 11.4 Å².